The molecule has 1 fully saturated rings. The van der Waals surface area contributed by atoms with E-state index in [2.05, 4.69) is 9.73 Å². The molecule has 112 valence electrons. The Balaban J connectivity index is 2.44. The second kappa shape index (κ2) is 4.78. The van der Waals surface area contributed by atoms with E-state index < -0.39 is 35.9 Å². The maximum absolute atomic E-state index is 12.9. The van der Waals surface area contributed by atoms with Crippen LogP contribution in [-0.4, -0.2) is 23.4 Å². The molecule has 0 bridgehead atoms. The molecule has 0 aliphatic carbocycles. The molecule has 1 aliphatic heterocycles. The highest BCUT2D eigenvalue weighted by Gasteiger charge is 2.47. The lowest BCUT2D eigenvalue weighted by Gasteiger charge is -2.19. The molecule has 1 amide bonds. The third kappa shape index (κ3) is 2.40. The summed E-state index contributed by atoms with van der Waals surface area (Å²) in [7, 11) is 0. The maximum atomic E-state index is 12.9. The zero-order valence-corrected chi connectivity index (χ0v) is 11.2. The molecule has 1 aromatic rings. The maximum Gasteiger partial charge on any atom is 0.451 e. The van der Waals surface area contributed by atoms with Crippen LogP contribution >= 0.6 is 0 Å². The number of furan rings is 1. The van der Waals surface area contributed by atoms with E-state index in [1.54, 1.807) is 13.8 Å². The molecule has 0 spiro atoms. The van der Waals surface area contributed by atoms with Gasteiger partial charge in [-0.25, -0.2) is 0 Å². The number of alkyl halides is 3. The predicted octanol–water partition coefficient (Wildman–Crippen LogP) is 1.84. The topological polar surface area (TPSA) is 65.7 Å². The van der Waals surface area contributed by atoms with Gasteiger partial charge in [-0.3, -0.25) is 15.0 Å². The molecule has 2 N–H and O–H groups in total. The van der Waals surface area contributed by atoms with Crippen LogP contribution in [0.1, 0.15) is 25.4 Å². The number of anilines is 1. The Labute approximate surface area is 113 Å². The highest BCUT2D eigenvalue weighted by molar-refractivity contribution is 6.00. The normalized spacial score (nSPS) is 24.0. The Bertz CT molecular complexity index is 525. The average molecular weight is 292 g/mol. The number of amides is 1. The first-order valence-corrected chi connectivity index (χ1v) is 6.07. The number of carbonyl (C=O) groups is 1. The van der Waals surface area contributed by atoms with E-state index in [1.165, 1.54) is 6.92 Å². The highest BCUT2D eigenvalue weighted by atomic mass is 19.4. The summed E-state index contributed by atoms with van der Waals surface area (Å²) in [5.74, 6) is -2.04. The van der Waals surface area contributed by atoms with Crippen LogP contribution in [0.25, 0.3) is 0 Å². The molecule has 20 heavy (non-hydrogen) atoms. The van der Waals surface area contributed by atoms with Crippen molar-refractivity contribution in [1.29, 1.82) is 0 Å². The predicted molar refractivity (Wildman–Crippen MR) is 63.7 cm³/mol. The van der Waals surface area contributed by atoms with E-state index in [9.17, 15) is 23.1 Å². The van der Waals surface area contributed by atoms with E-state index in [1.807, 2.05) is 0 Å². The van der Waals surface area contributed by atoms with Gasteiger partial charge in [-0.2, -0.15) is 13.2 Å². The fourth-order valence-corrected chi connectivity index (χ4v) is 2.19. The van der Waals surface area contributed by atoms with Crippen LogP contribution in [0.3, 0.4) is 0 Å². The summed E-state index contributed by atoms with van der Waals surface area (Å²) < 4.78 is 43.3. The highest BCUT2D eigenvalue weighted by Crippen LogP contribution is 2.40. The van der Waals surface area contributed by atoms with Gasteiger partial charge in [-0.05, 0) is 12.8 Å². The molecule has 1 saturated heterocycles. The Kier molecular flexibility index (Phi) is 3.55. The van der Waals surface area contributed by atoms with Crippen LogP contribution in [0.2, 0.25) is 0 Å². The third-order valence-electron chi connectivity index (χ3n) is 3.10. The summed E-state index contributed by atoms with van der Waals surface area (Å²) in [6.45, 7) is 4.81. The van der Waals surface area contributed by atoms with Crippen molar-refractivity contribution >= 4 is 11.6 Å². The van der Waals surface area contributed by atoms with Crippen LogP contribution in [0.15, 0.2) is 10.5 Å². The lowest BCUT2D eigenvalue weighted by molar-refractivity contribution is -0.152. The number of halogens is 3. The average Bonchev–Trinajstić information content (AvgIpc) is 2.79. The van der Waals surface area contributed by atoms with Crippen molar-refractivity contribution in [2.24, 2.45) is 5.92 Å². The summed E-state index contributed by atoms with van der Waals surface area (Å²) >= 11 is 0. The molecule has 8 heteroatoms. The first-order valence-electron chi connectivity index (χ1n) is 6.07. The van der Waals surface area contributed by atoms with Gasteiger partial charge in [-0.15, -0.1) is 0 Å². The van der Waals surface area contributed by atoms with Crippen LogP contribution in [0.4, 0.5) is 18.9 Å². The number of hydrogen-bond donors (Lipinski definition) is 2. The Hall–Kier alpha value is -1.54. The van der Waals surface area contributed by atoms with Crippen molar-refractivity contribution in [2.45, 2.75) is 39.3 Å². The summed E-state index contributed by atoms with van der Waals surface area (Å²) in [5, 5.41) is 12.4. The van der Waals surface area contributed by atoms with Crippen molar-refractivity contribution in [3.63, 3.8) is 0 Å². The van der Waals surface area contributed by atoms with E-state index in [0.717, 1.165) is 6.07 Å². The fourth-order valence-electron chi connectivity index (χ4n) is 2.19. The number of aliphatic hydroxyl groups excluding tert-OH is 1. The molecule has 2 atom stereocenters. The number of carbonyl (C=O) groups excluding carboxylic acids is 1. The molecule has 1 aliphatic rings. The van der Waals surface area contributed by atoms with Gasteiger partial charge in [0, 0.05) is 6.07 Å². The fraction of sp³-hybridized carbons (Fsp3) is 0.583. The van der Waals surface area contributed by atoms with Gasteiger partial charge >= 0.3 is 6.18 Å². The van der Waals surface area contributed by atoms with Crippen LogP contribution in [-0.2, 0) is 11.0 Å². The number of aryl methyl sites for hydroxylation is 1. The Morgan fingerprint density at radius 1 is 1.45 bits per heavy atom. The molecule has 0 aromatic carbocycles. The minimum atomic E-state index is -4.74. The largest absolute Gasteiger partial charge is 0.455 e. The number of hydrogen-bond acceptors (Lipinski definition) is 4. The van der Waals surface area contributed by atoms with Gasteiger partial charge in [0.15, 0.2) is 6.35 Å². The SMILES string of the molecule is Cc1cc(N2C(=O)C(C(C)C)NC2O)c(C(F)(F)F)o1. The zero-order valence-electron chi connectivity index (χ0n) is 11.2. The van der Waals surface area contributed by atoms with Crippen molar-refractivity contribution < 1.29 is 27.5 Å². The standard InChI is InChI=1S/C12H15F3N2O3/c1-5(2)8-10(18)17(11(19)16-8)7-4-6(3)20-9(7)12(13,14)15/h4-5,8,11,16,19H,1-3H3. The summed E-state index contributed by atoms with van der Waals surface area (Å²) in [4.78, 5) is 12.8. The summed E-state index contributed by atoms with van der Waals surface area (Å²) in [6, 6.07) is 0.357. The van der Waals surface area contributed by atoms with Gasteiger partial charge in [0.05, 0.1) is 11.7 Å². The molecule has 5 nitrogen and oxygen atoms in total. The number of nitrogens with zero attached hydrogens (tertiary/aromatic N) is 1. The molecule has 2 unspecified atom stereocenters. The van der Waals surface area contributed by atoms with Gasteiger partial charge in [0.2, 0.25) is 11.7 Å². The quantitative estimate of drug-likeness (QED) is 0.873. The first kappa shape index (κ1) is 14.9. The van der Waals surface area contributed by atoms with Crippen molar-refractivity contribution in [3.8, 4) is 0 Å². The van der Waals surface area contributed by atoms with E-state index in [-0.39, 0.29) is 11.7 Å². The van der Waals surface area contributed by atoms with E-state index in [4.69, 9.17) is 0 Å². The third-order valence-corrected chi connectivity index (χ3v) is 3.10. The number of nitrogens with one attached hydrogen (secondary N) is 1. The van der Waals surface area contributed by atoms with Crippen molar-refractivity contribution in [1.82, 2.24) is 5.32 Å². The molecule has 1 aromatic heterocycles. The van der Waals surface area contributed by atoms with Gasteiger partial charge in [0.25, 0.3) is 0 Å². The lowest BCUT2D eigenvalue weighted by atomic mass is 10.0. The molecular formula is C12H15F3N2O3. The van der Waals surface area contributed by atoms with Gasteiger partial charge in [0.1, 0.15) is 5.76 Å². The van der Waals surface area contributed by atoms with Crippen LogP contribution in [0, 0.1) is 12.8 Å². The number of rotatable bonds is 2. The molecule has 0 saturated carbocycles. The summed E-state index contributed by atoms with van der Waals surface area (Å²) in [6.07, 6.45) is -6.24. The molecule has 2 rings (SSSR count). The number of aliphatic hydroxyl groups is 1. The minimum Gasteiger partial charge on any atom is -0.455 e. The van der Waals surface area contributed by atoms with Crippen molar-refractivity contribution in [2.75, 3.05) is 4.90 Å². The monoisotopic (exact) mass is 292 g/mol. The minimum absolute atomic E-state index is 0.0142. The smallest absolute Gasteiger partial charge is 0.451 e. The zero-order chi connectivity index (χ0) is 15.2. The van der Waals surface area contributed by atoms with Crippen molar-refractivity contribution in [3.05, 3.63) is 17.6 Å². The lowest BCUT2D eigenvalue weighted by Crippen LogP contribution is -2.37. The van der Waals surface area contributed by atoms with Crippen LogP contribution < -0.4 is 10.2 Å². The summed E-state index contributed by atoms with van der Waals surface area (Å²) in [5.41, 5.74) is -0.469. The molecule has 2 heterocycles. The Morgan fingerprint density at radius 2 is 2.05 bits per heavy atom. The van der Waals surface area contributed by atoms with Gasteiger partial charge < -0.3 is 9.52 Å². The second-order valence-corrected chi connectivity index (χ2v) is 5.04. The van der Waals surface area contributed by atoms with E-state index >= 15 is 0 Å². The Morgan fingerprint density at radius 3 is 2.50 bits per heavy atom. The molecular weight excluding hydrogens is 277 g/mol. The first-order chi connectivity index (χ1) is 9.12. The molecule has 0 radical (unpaired) electrons. The second-order valence-electron chi connectivity index (χ2n) is 5.04. The van der Waals surface area contributed by atoms with Gasteiger partial charge in [-0.1, -0.05) is 13.8 Å². The van der Waals surface area contributed by atoms with Crippen LogP contribution in [0.5, 0.6) is 0 Å². The van der Waals surface area contributed by atoms with E-state index in [0.29, 0.717) is 4.90 Å².